The molecule has 0 aliphatic heterocycles. The SMILES string of the molecule is C[C@H](N)CCc1cncn1C. The molecule has 3 nitrogen and oxygen atoms in total. The number of aryl methyl sites for hydroxylation is 2. The molecule has 0 aromatic carbocycles. The van der Waals surface area contributed by atoms with Crippen LogP contribution in [0.5, 0.6) is 0 Å². The highest BCUT2D eigenvalue weighted by Gasteiger charge is 1.99. The van der Waals surface area contributed by atoms with Gasteiger partial charge in [-0.3, -0.25) is 0 Å². The van der Waals surface area contributed by atoms with Gasteiger partial charge in [0, 0.05) is 25.0 Å². The van der Waals surface area contributed by atoms with Crippen LogP contribution in [0.2, 0.25) is 0 Å². The van der Waals surface area contributed by atoms with Crippen LogP contribution in [0.15, 0.2) is 12.5 Å². The summed E-state index contributed by atoms with van der Waals surface area (Å²) in [5, 5.41) is 0. The molecule has 0 aliphatic rings. The highest BCUT2D eigenvalue weighted by Crippen LogP contribution is 2.01. The van der Waals surface area contributed by atoms with Gasteiger partial charge >= 0.3 is 0 Å². The lowest BCUT2D eigenvalue weighted by molar-refractivity contribution is 0.644. The van der Waals surface area contributed by atoms with Gasteiger partial charge < -0.3 is 10.3 Å². The molecule has 0 saturated carbocycles. The van der Waals surface area contributed by atoms with Crippen molar-refractivity contribution in [3.05, 3.63) is 18.2 Å². The van der Waals surface area contributed by atoms with Crippen molar-refractivity contribution in [1.82, 2.24) is 9.55 Å². The average molecular weight is 153 g/mol. The summed E-state index contributed by atoms with van der Waals surface area (Å²) in [7, 11) is 2.00. The first-order valence-electron chi connectivity index (χ1n) is 3.91. The minimum atomic E-state index is 0.282. The second-order valence-electron chi connectivity index (χ2n) is 3.01. The molecule has 1 heterocycles. The quantitative estimate of drug-likeness (QED) is 0.694. The fourth-order valence-electron chi connectivity index (χ4n) is 1.00. The lowest BCUT2D eigenvalue weighted by Gasteiger charge is -2.04. The number of aromatic nitrogens is 2. The van der Waals surface area contributed by atoms with Crippen LogP contribution in [0.3, 0.4) is 0 Å². The first-order chi connectivity index (χ1) is 5.20. The molecule has 0 saturated heterocycles. The summed E-state index contributed by atoms with van der Waals surface area (Å²) in [6.07, 6.45) is 5.76. The molecule has 0 unspecified atom stereocenters. The van der Waals surface area contributed by atoms with Gasteiger partial charge in [-0.05, 0) is 19.8 Å². The van der Waals surface area contributed by atoms with E-state index in [4.69, 9.17) is 5.73 Å². The summed E-state index contributed by atoms with van der Waals surface area (Å²) < 4.78 is 2.03. The Labute approximate surface area is 67.2 Å². The zero-order valence-electron chi connectivity index (χ0n) is 7.12. The van der Waals surface area contributed by atoms with Crippen molar-refractivity contribution in [2.45, 2.75) is 25.8 Å². The van der Waals surface area contributed by atoms with Crippen LogP contribution in [-0.4, -0.2) is 15.6 Å². The molecule has 11 heavy (non-hydrogen) atoms. The molecule has 0 aliphatic carbocycles. The van der Waals surface area contributed by atoms with Crippen molar-refractivity contribution in [3.8, 4) is 0 Å². The van der Waals surface area contributed by atoms with Gasteiger partial charge in [0.2, 0.25) is 0 Å². The Kier molecular flexibility index (Phi) is 2.65. The Morgan fingerprint density at radius 2 is 2.45 bits per heavy atom. The number of nitrogens with zero attached hydrogens (tertiary/aromatic N) is 2. The monoisotopic (exact) mass is 153 g/mol. The van der Waals surface area contributed by atoms with Crippen LogP contribution in [0, 0.1) is 0 Å². The maximum absolute atomic E-state index is 5.63. The van der Waals surface area contributed by atoms with Crippen LogP contribution in [0.25, 0.3) is 0 Å². The smallest absolute Gasteiger partial charge is 0.0945 e. The summed E-state index contributed by atoms with van der Waals surface area (Å²) in [5.41, 5.74) is 6.88. The molecule has 1 rings (SSSR count). The van der Waals surface area contributed by atoms with E-state index < -0.39 is 0 Å². The van der Waals surface area contributed by atoms with E-state index in [2.05, 4.69) is 4.98 Å². The number of hydrogen-bond donors (Lipinski definition) is 1. The third-order valence-electron chi connectivity index (χ3n) is 1.77. The molecule has 1 aromatic heterocycles. The molecule has 0 radical (unpaired) electrons. The Balaban J connectivity index is 2.44. The van der Waals surface area contributed by atoms with Gasteiger partial charge in [0.15, 0.2) is 0 Å². The van der Waals surface area contributed by atoms with E-state index in [1.54, 1.807) is 0 Å². The first-order valence-corrected chi connectivity index (χ1v) is 3.91. The third-order valence-corrected chi connectivity index (χ3v) is 1.77. The lowest BCUT2D eigenvalue weighted by atomic mass is 10.1. The molecule has 62 valence electrons. The molecule has 2 N–H and O–H groups in total. The fraction of sp³-hybridized carbons (Fsp3) is 0.625. The van der Waals surface area contributed by atoms with Gasteiger partial charge in [-0.15, -0.1) is 0 Å². The number of imidazole rings is 1. The maximum atomic E-state index is 5.63. The second-order valence-corrected chi connectivity index (χ2v) is 3.01. The lowest BCUT2D eigenvalue weighted by Crippen LogP contribution is -2.15. The Morgan fingerprint density at radius 1 is 1.73 bits per heavy atom. The van der Waals surface area contributed by atoms with E-state index in [-0.39, 0.29) is 6.04 Å². The number of hydrogen-bond acceptors (Lipinski definition) is 2. The maximum Gasteiger partial charge on any atom is 0.0945 e. The molecule has 0 spiro atoms. The average Bonchev–Trinajstić information content (AvgIpc) is 2.31. The van der Waals surface area contributed by atoms with Crippen molar-refractivity contribution in [1.29, 1.82) is 0 Å². The van der Waals surface area contributed by atoms with Crippen LogP contribution < -0.4 is 5.73 Å². The molecular formula is C8H15N3. The fourth-order valence-corrected chi connectivity index (χ4v) is 1.00. The highest BCUT2D eigenvalue weighted by atomic mass is 15.0. The molecule has 1 aromatic rings. The molecule has 3 heteroatoms. The second kappa shape index (κ2) is 3.53. The van der Waals surface area contributed by atoms with Crippen LogP contribution >= 0.6 is 0 Å². The Hall–Kier alpha value is -0.830. The summed E-state index contributed by atoms with van der Waals surface area (Å²) in [6.45, 7) is 2.02. The summed E-state index contributed by atoms with van der Waals surface area (Å²) in [5.74, 6) is 0. The van der Waals surface area contributed by atoms with Gasteiger partial charge in [-0.1, -0.05) is 0 Å². The van der Waals surface area contributed by atoms with E-state index in [1.807, 2.05) is 31.1 Å². The van der Waals surface area contributed by atoms with E-state index in [0.29, 0.717) is 0 Å². The van der Waals surface area contributed by atoms with E-state index >= 15 is 0 Å². The van der Waals surface area contributed by atoms with E-state index in [1.165, 1.54) is 5.69 Å². The highest BCUT2D eigenvalue weighted by molar-refractivity contribution is 4.97. The standard InChI is InChI=1S/C8H15N3/c1-7(9)3-4-8-5-10-6-11(8)2/h5-7H,3-4,9H2,1-2H3/t7-/m0/s1. The molecule has 0 fully saturated rings. The summed E-state index contributed by atoms with van der Waals surface area (Å²) in [4.78, 5) is 4.02. The van der Waals surface area contributed by atoms with Crippen molar-refractivity contribution in [3.63, 3.8) is 0 Å². The van der Waals surface area contributed by atoms with Crippen molar-refractivity contribution < 1.29 is 0 Å². The number of rotatable bonds is 3. The third kappa shape index (κ3) is 2.35. The Morgan fingerprint density at radius 3 is 2.91 bits per heavy atom. The number of nitrogens with two attached hydrogens (primary N) is 1. The molecule has 1 atom stereocenters. The van der Waals surface area contributed by atoms with Crippen LogP contribution in [0.1, 0.15) is 19.0 Å². The summed E-state index contributed by atoms with van der Waals surface area (Å²) in [6, 6.07) is 0.282. The van der Waals surface area contributed by atoms with Crippen molar-refractivity contribution in [2.24, 2.45) is 12.8 Å². The first kappa shape index (κ1) is 8.27. The van der Waals surface area contributed by atoms with Crippen molar-refractivity contribution >= 4 is 0 Å². The minimum Gasteiger partial charge on any atom is -0.338 e. The Bertz CT molecular complexity index is 215. The largest absolute Gasteiger partial charge is 0.338 e. The molecular weight excluding hydrogens is 138 g/mol. The molecule has 0 bridgehead atoms. The predicted octanol–water partition coefficient (Wildman–Crippen LogP) is 0.700. The van der Waals surface area contributed by atoms with Gasteiger partial charge in [0.05, 0.1) is 6.33 Å². The zero-order chi connectivity index (χ0) is 8.27. The van der Waals surface area contributed by atoms with Crippen LogP contribution in [-0.2, 0) is 13.5 Å². The minimum absolute atomic E-state index is 0.282. The van der Waals surface area contributed by atoms with Crippen molar-refractivity contribution in [2.75, 3.05) is 0 Å². The normalized spacial score (nSPS) is 13.4. The van der Waals surface area contributed by atoms with Gasteiger partial charge in [0.25, 0.3) is 0 Å². The van der Waals surface area contributed by atoms with Gasteiger partial charge in [-0.2, -0.15) is 0 Å². The summed E-state index contributed by atoms with van der Waals surface area (Å²) >= 11 is 0. The van der Waals surface area contributed by atoms with E-state index in [0.717, 1.165) is 12.8 Å². The van der Waals surface area contributed by atoms with Crippen LogP contribution in [0.4, 0.5) is 0 Å². The topological polar surface area (TPSA) is 43.8 Å². The molecule has 0 amide bonds. The van der Waals surface area contributed by atoms with Gasteiger partial charge in [-0.25, -0.2) is 4.98 Å². The van der Waals surface area contributed by atoms with E-state index in [9.17, 15) is 0 Å². The van der Waals surface area contributed by atoms with Gasteiger partial charge in [0.1, 0.15) is 0 Å². The predicted molar refractivity (Wildman–Crippen MR) is 45.2 cm³/mol. The zero-order valence-corrected chi connectivity index (χ0v) is 7.12.